The van der Waals surface area contributed by atoms with Crippen LogP contribution >= 0.6 is 24.0 Å². The second-order valence-electron chi connectivity index (χ2n) is 6.62. The lowest BCUT2D eigenvalue weighted by atomic mass is 10.3. The molecule has 3 aromatic rings. The first kappa shape index (κ1) is 22.2. The van der Waals surface area contributed by atoms with E-state index in [2.05, 4.69) is 57.3 Å². The molecule has 2 N–H and O–H groups in total. The van der Waals surface area contributed by atoms with Crippen LogP contribution in [0.25, 0.3) is 11.0 Å². The quantitative estimate of drug-likeness (QED) is 0.218. The summed E-state index contributed by atoms with van der Waals surface area (Å²) in [5.74, 6) is 1.91. The van der Waals surface area contributed by atoms with Crippen molar-refractivity contribution in [2.24, 2.45) is 4.99 Å². The molecule has 0 aliphatic heterocycles. The van der Waals surface area contributed by atoms with E-state index in [4.69, 9.17) is 4.99 Å². The predicted molar refractivity (Wildman–Crippen MR) is 125 cm³/mol. The largest absolute Gasteiger partial charge is 0.357 e. The maximum atomic E-state index is 4.69. The summed E-state index contributed by atoms with van der Waals surface area (Å²) in [4.78, 5) is 9.31. The number of fused-ring (bicyclic) bond motifs is 1. The third-order valence-corrected chi connectivity index (χ3v) is 4.40. The Bertz CT molecular complexity index is 897. The molecule has 0 saturated carbocycles. The first-order chi connectivity index (χ1) is 13.2. The van der Waals surface area contributed by atoms with Gasteiger partial charge in [0, 0.05) is 32.4 Å². The SMILES string of the molecule is CCNC(=NCCCn1c(C)nc2ccccc21)NCCn1cc(C)cn1.I. The number of benzene rings is 1. The number of aliphatic imine (C=N–C) groups is 1. The molecule has 0 aliphatic rings. The molecule has 0 bridgehead atoms. The van der Waals surface area contributed by atoms with E-state index in [9.17, 15) is 0 Å². The van der Waals surface area contributed by atoms with Gasteiger partial charge in [0.2, 0.25) is 0 Å². The van der Waals surface area contributed by atoms with Crippen LogP contribution in [0.3, 0.4) is 0 Å². The Hall–Kier alpha value is -2.10. The smallest absolute Gasteiger partial charge is 0.191 e. The molecule has 0 amide bonds. The zero-order valence-corrected chi connectivity index (χ0v) is 19.2. The zero-order valence-electron chi connectivity index (χ0n) is 16.9. The second kappa shape index (κ2) is 11.0. The van der Waals surface area contributed by atoms with Crippen LogP contribution in [0.15, 0.2) is 41.7 Å². The van der Waals surface area contributed by atoms with E-state index in [1.54, 1.807) is 0 Å². The van der Waals surface area contributed by atoms with Crippen LogP contribution in [0.2, 0.25) is 0 Å². The molecule has 152 valence electrons. The van der Waals surface area contributed by atoms with Gasteiger partial charge in [-0.2, -0.15) is 5.10 Å². The summed E-state index contributed by atoms with van der Waals surface area (Å²) in [6.45, 7) is 10.3. The van der Waals surface area contributed by atoms with Crippen molar-refractivity contribution in [2.45, 2.75) is 40.3 Å². The topological polar surface area (TPSA) is 72.1 Å². The Kier molecular flexibility index (Phi) is 8.75. The fraction of sp³-hybridized carbons (Fsp3) is 0.450. The van der Waals surface area contributed by atoms with Crippen LogP contribution in [-0.4, -0.2) is 44.9 Å². The van der Waals surface area contributed by atoms with E-state index in [0.717, 1.165) is 56.4 Å². The number of nitrogens with zero attached hydrogens (tertiary/aromatic N) is 5. The summed E-state index contributed by atoms with van der Waals surface area (Å²) in [7, 11) is 0. The number of aromatic nitrogens is 4. The van der Waals surface area contributed by atoms with Gasteiger partial charge in [-0.25, -0.2) is 4.98 Å². The molecular weight excluding hydrogens is 465 g/mol. The molecular formula is C20H30IN7. The van der Waals surface area contributed by atoms with Crippen molar-refractivity contribution in [2.75, 3.05) is 19.6 Å². The first-order valence-corrected chi connectivity index (χ1v) is 9.60. The highest BCUT2D eigenvalue weighted by Gasteiger charge is 2.06. The van der Waals surface area contributed by atoms with Crippen molar-refractivity contribution in [3.63, 3.8) is 0 Å². The molecule has 0 unspecified atom stereocenters. The second-order valence-corrected chi connectivity index (χ2v) is 6.62. The molecule has 0 radical (unpaired) electrons. The van der Waals surface area contributed by atoms with Crippen molar-refractivity contribution < 1.29 is 0 Å². The third kappa shape index (κ3) is 5.95. The lowest BCUT2D eigenvalue weighted by molar-refractivity contribution is 0.596. The molecule has 2 heterocycles. The minimum absolute atomic E-state index is 0. The highest BCUT2D eigenvalue weighted by Crippen LogP contribution is 2.15. The predicted octanol–water partition coefficient (Wildman–Crippen LogP) is 3.11. The minimum Gasteiger partial charge on any atom is -0.357 e. The number of rotatable bonds is 8. The van der Waals surface area contributed by atoms with Gasteiger partial charge in [0.25, 0.3) is 0 Å². The van der Waals surface area contributed by atoms with Gasteiger partial charge in [-0.15, -0.1) is 24.0 Å². The highest BCUT2D eigenvalue weighted by atomic mass is 127. The lowest BCUT2D eigenvalue weighted by Crippen LogP contribution is -2.39. The third-order valence-electron chi connectivity index (χ3n) is 4.40. The van der Waals surface area contributed by atoms with Crippen LogP contribution < -0.4 is 10.6 Å². The van der Waals surface area contributed by atoms with Crippen molar-refractivity contribution in [1.29, 1.82) is 0 Å². The minimum atomic E-state index is 0. The van der Waals surface area contributed by atoms with Crippen LogP contribution in [-0.2, 0) is 13.1 Å². The molecule has 0 fully saturated rings. The first-order valence-electron chi connectivity index (χ1n) is 9.60. The van der Waals surface area contributed by atoms with Gasteiger partial charge in [-0.3, -0.25) is 9.67 Å². The number of imidazole rings is 1. The molecule has 0 saturated heterocycles. The molecule has 0 spiro atoms. The van der Waals surface area contributed by atoms with Gasteiger partial charge in [0.05, 0.1) is 23.8 Å². The Balaban J connectivity index is 0.00000280. The summed E-state index contributed by atoms with van der Waals surface area (Å²) in [5, 5.41) is 11.0. The maximum Gasteiger partial charge on any atom is 0.191 e. The molecule has 2 aromatic heterocycles. The molecule has 28 heavy (non-hydrogen) atoms. The number of hydrogen-bond donors (Lipinski definition) is 2. The van der Waals surface area contributed by atoms with Gasteiger partial charge in [0.1, 0.15) is 5.82 Å². The average Bonchev–Trinajstić information content (AvgIpc) is 3.21. The lowest BCUT2D eigenvalue weighted by Gasteiger charge is -2.11. The van der Waals surface area contributed by atoms with Gasteiger partial charge in [-0.05, 0) is 44.9 Å². The Morgan fingerprint density at radius 2 is 1.96 bits per heavy atom. The van der Waals surface area contributed by atoms with Gasteiger partial charge in [-0.1, -0.05) is 12.1 Å². The van der Waals surface area contributed by atoms with Crippen LogP contribution in [0.1, 0.15) is 24.7 Å². The fourth-order valence-electron chi connectivity index (χ4n) is 3.12. The number of nitrogens with one attached hydrogen (secondary N) is 2. The van der Waals surface area contributed by atoms with E-state index < -0.39 is 0 Å². The Morgan fingerprint density at radius 1 is 1.14 bits per heavy atom. The fourth-order valence-corrected chi connectivity index (χ4v) is 3.12. The summed E-state index contributed by atoms with van der Waals surface area (Å²) in [6, 6.07) is 8.28. The van der Waals surface area contributed by atoms with E-state index in [0.29, 0.717) is 0 Å². The maximum absolute atomic E-state index is 4.69. The monoisotopic (exact) mass is 495 g/mol. The van der Waals surface area contributed by atoms with E-state index >= 15 is 0 Å². The van der Waals surface area contributed by atoms with Crippen molar-refractivity contribution in [3.8, 4) is 0 Å². The number of para-hydroxylation sites is 2. The Morgan fingerprint density at radius 3 is 2.71 bits per heavy atom. The number of hydrogen-bond acceptors (Lipinski definition) is 3. The molecule has 1 aromatic carbocycles. The van der Waals surface area contributed by atoms with E-state index in [-0.39, 0.29) is 24.0 Å². The molecule has 8 heteroatoms. The highest BCUT2D eigenvalue weighted by molar-refractivity contribution is 14.0. The van der Waals surface area contributed by atoms with Crippen LogP contribution in [0.4, 0.5) is 0 Å². The molecule has 7 nitrogen and oxygen atoms in total. The normalized spacial score (nSPS) is 11.5. The summed E-state index contributed by atoms with van der Waals surface area (Å²) in [6.07, 6.45) is 4.89. The Labute approximate surface area is 183 Å². The molecule has 3 rings (SSSR count). The van der Waals surface area contributed by atoms with Gasteiger partial charge >= 0.3 is 0 Å². The van der Waals surface area contributed by atoms with Crippen LogP contribution in [0, 0.1) is 13.8 Å². The van der Waals surface area contributed by atoms with Crippen LogP contribution in [0.5, 0.6) is 0 Å². The molecule has 0 atom stereocenters. The number of aryl methyl sites for hydroxylation is 3. The van der Waals surface area contributed by atoms with E-state index in [1.165, 1.54) is 11.1 Å². The summed E-state index contributed by atoms with van der Waals surface area (Å²) >= 11 is 0. The van der Waals surface area contributed by atoms with Crippen molar-refractivity contribution in [3.05, 3.63) is 48.0 Å². The standard InChI is InChI=1S/C20H29N7.HI/c1-4-21-20(23-11-13-26-15-16(2)14-24-26)22-10-7-12-27-17(3)25-18-8-5-6-9-19(18)27;/h5-6,8-9,14-15H,4,7,10-13H2,1-3H3,(H2,21,22,23);1H. The average molecular weight is 495 g/mol. The molecule has 0 aliphatic carbocycles. The van der Waals surface area contributed by atoms with E-state index in [1.807, 2.05) is 30.1 Å². The zero-order chi connectivity index (χ0) is 19.1. The number of halogens is 1. The van der Waals surface area contributed by atoms with Crippen molar-refractivity contribution >= 4 is 41.0 Å². The number of guanidine groups is 1. The summed E-state index contributed by atoms with van der Waals surface area (Å²) < 4.78 is 4.21. The summed E-state index contributed by atoms with van der Waals surface area (Å²) in [5.41, 5.74) is 3.43. The van der Waals surface area contributed by atoms with Gasteiger partial charge < -0.3 is 15.2 Å². The van der Waals surface area contributed by atoms with Gasteiger partial charge in [0.15, 0.2) is 5.96 Å². The van der Waals surface area contributed by atoms with Crippen molar-refractivity contribution in [1.82, 2.24) is 30.0 Å².